The van der Waals surface area contributed by atoms with Crippen molar-refractivity contribution in [3.05, 3.63) is 36.5 Å². The molecule has 104 valence electrons. The number of aromatic nitrogens is 1. The van der Waals surface area contributed by atoms with Gasteiger partial charge in [-0.25, -0.2) is 0 Å². The van der Waals surface area contributed by atoms with E-state index in [2.05, 4.69) is 4.98 Å². The van der Waals surface area contributed by atoms with Crippen molar-refractivity contribution in [1.82, 2.24) is 4.98 Å². The molecule has 1 heterocycles. The van der Waals surface area contributed by atoms with Crippen LogP contribution in [0.25, 0.3) is 10.9 Å². The van der Waals surface area contributed by atoms with Crippen LogP contribution in [0.3, 0.4) is 0 Å². The first-order valence-corrected chi connectivity index (χ1v) is 6.59. The second-order valence-corrected chi connectivity index (χ2v) is 5.27. The van der Waals surface area contributed by atoms with Crippen molar-refractivity contribution < 1.29 is 14.6 Å². The van der Waals surface area contributed by atoms with Crippen molar-refractivity contribution in [3.63, 3.8) is 0 Å². The van der Waals surface area contributed by atoms with Crippen molar-refractivity contribution in [2.75, 3.05) is 6.61 Å². The number of rotatable bonds is 5. The second-order valence-electron chi connectivity index (χ2n) is 5.27. The van der Waals surface area contributed by atoms with Crippen LogP contribution >= 0.6 is 0 Å². The molecule has 1 aromatic carbocycles. The lowest BCUT2D eigenvalue weighted by Crippen LogP contribution is -2.54. The lowest BCUT2D eigenvalue weighted by Gasteiger charge is -2.24. The molecular weight excluding hydrogens is 256 g/mol. The Morgan fingerprint density at radius 1 is 1.45 bits per heavy atom. The van der Waals surface area contributed by atoms with Crippen LogP contribution in [-0.2, 0) is 4.79 Å². The average molecular weight is 272 g/mol. The molecular formula is C15H16N2O3. The van der Waals surface area contributed by atoms with Crippen molar-refractivity contribution in [2.45, 2.75) is 18.4 Å². The van der Waals surface area contributed by atoms with Crippen molar-refractivity contribution >= 4 is 16.9 Å². The third kappa shape index (κ3) is 2.32. The Labute approximate surface area is 116 Å². The number of carboxylic acid groups (broad SMARTS) is 1. The van der Waals surface area contributed by atoms with Gasteiger partial charge in [0, 0.05) is 17.6 Å². The molecule has 5 nitrogen and oxygen atoms in total. The minimum absolute atomic E-state index is 0.0126. The van der Waals surface area contributed by atoms with E-state index in [-0.39, 0.29) is 12.5 Å². The predicted octanol–water partition coefficient (Wildman–Crippen LogP) is 1.81. The summed E-state index contributed by atoms with van der Waals surface area (Å²) < 4.78 is 5.60. The first-order valence-electron chi connectivity index (χ1n) is 6.59. The molecule has 1 saturated carbocycles. The lowest BCUT2D eigenvalue weighted by molar-refractivity contribution is -0.145. The van der Waals surface area contributed by atoms with Gasteiger partial charge >= 0.3 is 5.97 Å². The summed E-state index contributed by atoms with van der Waals surface area (Å²) in [4.78, 5) is 15.6. The van der Waals surface area contributed by atoms with Crippen molar-refractivity contribution in [2.24, 2.45) is 11.7 Å². The van der Waals surface area contributed by atoms with Gasteiger partial charge < -0.3 is 15.6 Å². The molecule has 1 aliphatic rings. The molecule has 0 amide bonds. The summed E-state index contributed by atoms with van der Waals surface area (Å²) in [6.45, 7) is -0.0225. The average Bonchev–Trinajstić information content (AvgIpc) is 3.29. The van der Waals surface area contributed by atoms with Gasteiger partial charge in [0.05, 0.1) is 5.52 Å². The van der Waals surface area contributed by atoms with Gasteiger partial charge in [-0.05, 0) is 37.0 Å². The van der Waals surface area contributed by atoms with Crippen LogP contribution in [-0.4, -0.2) is 28.2 Å². The van der Waals surface area contributed by atoms with Crippen LogP contribution in [0.15, 0.2) is 36.5 Å². The SMILES string of the molecule is NC(COc1ccc2cccnc2c1)(C(=O)O)C1CC1. The summed E-state index contributed by atoms with van der Waals surface area (Å²) in [7, 11) is 0. The van der Waals surface area contributed by atoms with Gasteiger partial charge in [0.2, 0.25) is 0 Å². The molecule has 0 spiro atoms. The van der Waals surface area contributed by atoms with Crippen LogP contribution in [0.1, 0.15) is 12.8 Å². The van der Waals surface area contributed by atoms with E-state index in [0.29, 0.717) is 5.75 Å². The summed E-state index contributed by atoms with van der Waals surface area (Å²) in [5.74, 6) is -0.398. The number of hydrogen-bond acceptors (Lipinski definition) is 4. The summed E-state index contributed by atoms with van der Waals surface area (Å²) in [5.41, 5.74) is 5.49. The van der Waals surface area contributed by atoms with Crippen molar-refractivity contribution in [3.8, 4) is 5.75 Å². The maximum atomic E-state index is 11.3. The zero-order valence-corrected chi connectivity index (χ0v) is 11.0. The topological polar surface area (TPSA) is 85.4 Å². The molecule has 20 heavy (non-hydrogen) atoms. The molecule has 2 aromatic rings. The summed E-state index contributed by atoms with van der Waals surface area (Å²) >= 11 is 0. The van der Waals surface area contributed by atoms with Gasteiger partial charge in [-0.2, -0.15) is 0 Å². The molecule has 1 unspecified atom stereocenters. The molecule has 0 saturated heterocycles. The highest BCUT2D eigenvalue weighted by Crippen LogP contribution is 2.38. The number of nitrogens with zero attached hydrogens (tertiary/aromatic N) is 1. The lowest BCUT2D eigenvalue weighted by atomic mass is 9.96. The Kier molecular flexibility index (Phi) is 3.06. The van der Waals surface area contributed by atoms with Crippen molar-refractivity contribution in [1.29, 1.82) is 0 Å². The minimum atomic E-state index is -1.29. The van der Waals surface area contributed by atoms with Crippen LogP contribution in [0.5, 0.6) is 5.75 Å². The molecule has 0 bridgehead atoms. The monoisotopic (exact) mass is 272 g/mol. The Balaban J connectivity index is 1.77. The Morgan fingerprint density at radius 2 is 2.25 bits per heavy atom. The maximum Gasteiger partial charge on any atom is 0.327 e. The molecule has 3 N–H and O–H groups in total. The highest BCUT2D eigenvalue weighted by atomic mass is 16.5. The molecule has 0 aliphatic heterocycles. The van der Waals surface area contributed by atoms with Gasteiger partial charge in [0.15, 0.2) is 5.54 Å². The third-order valence-electron chi connectivity index (χ3n) is 3.76. The van der Waals surface area contributed by atoms with Gasteiger partial charge in [0.1, 0.15) is 12.4 Å². The quantitative estimate of drug-likeness (QED) is 0.867. The van der Waals surface area contributed by atoms with Gasteiger partial charge in [-0.3, -0.25) is 9.78 Å². The standard InChI is InChI=1S/C15H16N2O3/c16-15(14(18)19,11-4-5-11)9-20-12-6-3-10-2-1-7-17-13(10)8-12/h1-3,6-8,11H,4-5,9,16H2,(H,18,19). The fourth-order valence-corrected chi connectivity index (χ4v) is 2.29. The highest BCUT2D eigenvalue weighted by Gasteiger charge is 2.49. The number of aliphatic carboxylic acids is 1. The summed E-state index contributed by atoms with van der Waals surface area (Å²) in [5, 5.41) is 10.3. The van der Waals surface area contributed by atoms with E-state index in [0.717, 1.165) is 23.7 Å². The zero-order valence-electron chi connectivity index (χ0n) is 11.0. The van der Waals surface area contributed by atoms with E-state index in [9.17, 15) is 9.90 Å². The molecule has 0 radical (unpaired) electrons. The van der Waals surface area contributed by atoms with E-state index >= 15 is 0 Å². The summed E-state index contributed by atoms with van der Waals surface area (Å²) in [6.07, 6.45) is 3.41. The van der Waals surface area contributed by atoms with Gasteiger partial charge in [0.25, 0.3) is 0 Å². The van der Waals surface area contributed by atoms with Crippen LogP contribution in [0.4, 0.5) is 0 Å². The minimum Gasteiger partial charge on any atom is -0.491 e. The van der Waals surface area contributed by atoms with Gasteiger partial charge in [-0.15, -0.1) is 0 Å². The van der Waals surface area contributed by atoms with Crippen LogP contribution in [0.2, 0.25) is 0 Å². The number of carbonyl (C=O) groups is 1. The predicted molar refractivity (Wildman–Crippen MR) is 74.5 cm³/mol. The van der Waals surface area contributed by atoms with Gasteiger partial charge in [-0.1, -0.05) is 6.07 Å². The number of carboxylic acids is 1. The zero-order chi connectivity index (χ0) is 14.2. The number of nitrogens with two attached hydrogens (primary N) is 1. The Morgan fingerprint density at radius 3 is 2.95 bits per heavy atom. The second kappa shape index (κ2) is 4.76. The molecule has 5 heteroatoms. The third-order valence-corrected chi connectivity index (χ3v) is 3.76. The van der Waals surface area contributed by atoms with E-state index in [4.69, 9.17) is 10.5 Å². The molecule has 1 fully saturated rings. The largest absolute Gasteiger partial charge is 0.491 e. The van der Waals surface area contributed by atoms with Crippen LogP contribution in [0, 0.1) is 5.92 Å². The summed E-state index contributed by atoms with van der Waals surface area (Å²) in [6, 6.07) is 9.32. The fourth-order valence-electron chi connectivity index (χ4n) is 2.29. The molecule has 1 atom stereocenters. The number of ether oxygens (including phenoxy) is 1. The molecule has 1 aliphatic carbocycles. The smallest absolute Gasteiger partial charge is 0.327 e. The number of benzene rings is 1. The van der Waals surface area contributed by atoms with E-state index in [1.165, 1.54) is 0 Å². The molecule has 3 rings (SSSR count). The highest BCUT2D eigenvalue weighted by molar-refractivity contribution is 5.80. The maximum absolute atomic E-state index is 11.3. The van der Waals surface area contributed by atoms with Crippen LogP contribution < -0.4 is 10.5 Å². The van der Waals surface area contributed by atoms with E-state index in [1.807, 2.05) is 18.2 Å². The number of fused-ring (bicyclic) bond motifs is 1. The Bertz CT molecular complexity index is 654. The Hall–Kier alpha value is -2.14. The fraction of sp³-hybridized carbons (Fsp3) is 0.333. The molecule has 1 aromatic heterocycles. The first-order chi connectivity index (χ1) is 9.59. The number of pyridine rings is 1. The van der Waals surface area contributed by atoms with E-state index < -0.39 is 11.5 Å². The number of hydrogen-bond donors (Lipinski definition) is 2. The normalized spacial score (nSPS) is 17.6. The first kappa shape index (κ1) is 12.9. The van der Waals surface area contributed by atoms with E-state index in [1.54, 1.807) is 18.3 Å².